The van der Waals surface area contributed by atoms with Crippen LogP contribution in [0.25, 0.3) is 11.3 Å². The highest BCUT2D eigenvalue weighted by Crippen LogP contribution is 2.32. The number of oxazole rings is 1. The summed E-state index contributed by atoms with van der Waals surface area (Å²) in [6.45, 7) is 1.67. The van der Waals surface area contributed by atoms with Crippen molar-refractivity contribution in [2.45, 2.75) is 6.92 Å². The molecule has 0 spiro atoms. The van der Waals surface area contributed by atoms with Crippen molar-refractivity contribution in [3.05, 3.63) is 42.6 Å². The molecule has 2 amide bonds. The highest BCUT2D eigenvalue weighted by molar-refractivity contribution is 6.43. The number of carbonyl (C=O) groups excluding carboxylic acids is 2. The predicted molar refractivity (Wildman–Crippen MR) is 87.0 cm³/mol. The molecule has 0 bridgehead atoms. The minimum Gasteiger partial charge on any atom is -0.496 e. The van der Waals surface area contributed by atoms with Crippen LogP contribution in [0.1, 0.15) is 5.76 Å². The summed E-state index contributed by atoms with van der Waals surface area (Å²) >= 11 is 0. The third kappa shape index (κ3) is 3.66. The summed E-state index contributed by atoms with van der Waals surface area (Å²) < 4.78 is 15.3. The third-order valence-electron chi connectivity index (χ3n) is 3.23. The van der Waals surface area contributed by atoms with Gasteiger partial charge < -0.3 is 19.0 Å². The Bertz CT molecular complexity index is 901. The van der Waals surface area contributed by atoms with E-state index in [1.807, 2.05) is 0 Å². The summed E-state index contributed by atoms with van der Waals surface area (Å²) in [5, 5.41) is 8.40. The first-order valence-electron chi connectivity index (χ1n) is 7.19. The van der Waals surface area contributed by atoms with Crippen molar-refractivity contribution in [2.75, 3.05) is 17.7 Å². The average molecular weight is 342 g/mol. The van der Waals surface area contributed by atoms with Crippen LogP contribution in [0.2, 0.25) is 0 Å². The second kappa shape index (κ2) is 6.87. The smallest absolute Gasteiger partial charge is 0.315 e. The fourth-order valence-corrected chi connectivity index (χ4v) is 2.11. The normalized spacial score (nSPS) is 10.3. The fraction of sp³-hybridized carbons (Fsp3) is 0.125. The van der Waals surface area contributed by atoms with Crippen LogP contribution >= 0.6 is 0 Å². The van der Waals surface area contributed by atoms with Crippen molar-refractivity contribution in [3.63, 3.8) is 0 Å². The van der Waals surface area contributed by atoms with E-state index in [2.05, 4.69) is 20.8 Å². The van der Waals surface area contributed by atoms with Gasteiger partial charge in [0.05, 0.1) is 18.9 Å². The number of nitrogens with one attached hydrogen (secondary N) is 2. The van der Waals surface area contributed by atoms with Gasteiger partial charge in [0.25, 0.3) is 0 Å². The van der Waals surface area contributed by atoms with Crippen molar-refractivity contribution in [1.29, 1.82) is 0 Å². The number of amides is 2. The quantitative estimate of drug-likeness (QED) is 0.698. The lowest BCUT2D eigenvalue weighted by molar-refractivity contribution is -0.133. The highest BCUT2D eigenvalue weighted by Gasteiger charge is 2.17. The number of methoxy groups -OCH3 is 1. The Hall–Kier alpha value is -3.62. The number of aryl methyl sites for hydroxylation is 1. The Morgan fingerprint density at radius 1 is 1.16 bits per heavy atom. The lowest BCUT2D eigenvalue weighted by Gasteiger charge is -2.09. The molecule has 0 fully saturated rings. The van der Waals surface area contributed by atoms with Crippen LogP contribution in [0.4, 0.5) is 11.5 Å². The Morgan fingerprint density at radius 3 is 2.60 bits per heavy atom. The van der Waals surface area contributed by atoms with Gasteiger partial charge in [-0.05, 0) is 19.1 Å². The molecule has 3 aromatic rings. The number of carbonyl (C=O) groups is 2. The van der Waals surface area contributed by atoms with Crippen molar-refractivity contribution in [3.8, 4) is 17.1 Å². The Morgan fingerprint density at radius 2 is 1.96 bits per heavy atom. The van der Waals surface area contributed by atoms with Gasteiger partial charge >= 0.3 is 11.8 Å². The number of ether oxygens (including phenoxy) is 1. The summed E-state index contributed by atoms with van der Waals surface area (Å²) in [4.78, 5) is 27.7. The zero-order chi connectivity index (χ0) is 17.8. The molecule has 0 aliphatic heterocycles. The van der Waals surface area contributed by atoms with Gasteiger partial charge in [0.15, 0.2) is 18.0 Å². The van der Waals surface area contributed by atoms with E-state index in [1.165, 1.54) is 19.6 Å². The maximum atomic E-state index is 12.0. The number of rotatable bonds is 4. The molecule has 2 N–H and O–H groups in total. The number of nitrogens with zero attached hydrogens (tertiary/aromatic N) is 2. The SMILES string of the molecule is COc1cc(NC(=O)C(=O)Nc2cc(C)on2)ccc1-c1cnco1. The van der Waals surface area contributed by atoms with E-state index in [0.717, 1.165) is 0 Å². The molecule has 0 aliphatic rings. The maximum Gasteiger partial charge on any atom is 0.315 e. The molecule has 3 rings (SSSR count). The van der Waals surface area contributed by atoms with E-state index in [4.69, 9.17) is 13.7 Å². The Labute approximate surface area is 142 Å². The lowest BCUT2D eigenvalue weighted by Crippen LogP contribution is -2.29. The number of hydrogen-bond donors (Lipinski definition) is 2. The first-order chi connectivity index (χ1) is 12.1. The van der Waals surface area contributed by atoms with E-state index in [0.29, 0.717) is 28.5 Å². The molecular formula is C16H14N4O5. The summed E-state index contributed by atoms with van der Waals surface area (Å²) in [5.74, 6) is -0.0583. The van der Waals surface area contributed by atoms with Crippen molar-refractivity contribution in [2.24, 2.45) is 0 Å². The zero-order valence-electron chi connectivity index (χ0n) is 13.4. The minimum atomic E-state index is -0.869. The highest BCUT2D eigenvalue weighted by atomic mass is 16.5. The molecule has 0 atom stereocenters. The van der Waals surface area contributed by atoms with Crippen LogP contribution in [-0.2, 0) is 9.59 Å². The van der Waals surface area contributed by atoms with Gasteiger partial charge in [-0.3, -0.25) is 14.9 Å². The summed E-state index contributed by atoms with van der Waals surface area (Å²) in [5.41, 5.74) is 1.05. The molecule has 1 aromatic carbocycles. The second-order valence-electron chi connectivity index (χ2n) is 5.01. The van der Waals surface area contributed by atoms with E-state index in [-0.39, 0.29) is 5.82 Å². The van der Waals surface area contributed by atoms with Gasteiger partial charge in [-0.15, -0.1) is 0 Å². The van der Waals surface area contributed by atoms with Gasteiger partial charge in [-0.1, -0.05) is 5.16 Å². The fourth-order valence-electron chi connectivity index (χ4n) is 2.11. The van der Waals surface area contributed by atoms with E-state index < -0.39 is 11.8 Å². The molecule has 2 heterocycles. The molecule has 25 heavy (non-hydrogen) atoms. The van der Waals surface area contributed by atoms with Gasteiger partial charge in [0, 0.05) is 17.8 Å². The van der Waals surface area contributed by atoms with E-state index >= 15 is 0 Å². The van der Waals surface area contributed by atoms with Gasteiger partial charge in [0.2, 0.25) is 0 Å². The largest absolute Gasteiger partial charge is 0.496 e. The summed E-state index contributed by atoms with van der Waals surface area (Å²) in [6, 6.07) is 6.38. The topological polar surface area (TPSA) is 119 Å². The molecule has 128 valence electrons. The molecule has 9 nitrogen and oxygen atoms in total. The molecule has 0 aliphatic carbocycles. The van der Waals surface area contributed by atoms with Crippen molar-refractivity contribution < 1.29 is 23.3 Å². The van der Waals surface area contributed by atoms with Crippen LogP contribution < -0.4 is 15.4 Å². The summed E-state index contributed by atoms with van der Waals surface area (Å²) in [7, 11) is 1.49. The van der Waals surface area contributed by atoms with E-state index in [1.54, 1.807) is 31.3 Å². The molecule has 0 unspecified atom stereocenters. The third-order valence-corrected chi connectivity index (χ3v) is 3.23. The van der Waals surface area contributed by atoms with E-state index in [9.17, 15) is 9.59 Å². The van der Waals surface area contributed by atoms with Gasteiger partial charge in [-0.2, -0.15) is 0 Å². The first kappa shape index (κ1) is 16.2. The molecule has 2 aromatic heterocycles. The van der Waals surface area contributed by atoms with Gasteiger partial charge in [-0.25, -0.2) is 4.98 Å². The summed E-state index contributed by atoms with van der Waals surface area (Å²) in [6.07, 6.45) is 2.85. The van der Waals surface area contributed by atoms with Crippen LogP contribution in [0.3, 0.4) is 0 Å². The lowest BCUT2D eigenvalue weighted by atomic mass is 10.1. The maximum absolute atomic E-state index is 12.0. The predicted octanol–water partition coefficient (Wildman–Crippen LogP) is 2.22. The number of benzene rings is 1. The first-order valence-corrected chi connectivity index (χ1v) is 7.19. The van der Waals surface area contributed by atoms with Crippen LogP contribution in [0.5, 0.6) is 5.75 Å². The Kier molecular flexibility index (Phi) is 4.46. The standard InChI is InChI=1S/C16H14N4O5/c1-9-5-14(20-25-9)19-16(22)15(21)18-10-3-4-11(12(6-10)23-2)13-7-17-8-24-13/h3-8H,1-2H3,(H,18,21)(H,19,20,22). The number of hydrogen-bond acceptors (Lipinski definition) is 7. The van der Waals surface area contributed by atoms with Crippen LogP contribution in [0.15, 0.2) is 45.8 Å². The monoisotopic (exact) mass is 342 g/mol. The molecule has 0 radical (unpaired) electrons. The minimum absolute atomic E-state index is 0.163. The molecular weight excluding hydrogens is 328 g/mol. The zero-order valence-corrected chi connectivity index (χ0v) is 13.4. The number of aromatic nitrogens is 2. The van der Waals surface area contributed by atoms with Gasteiger partial charge in [0.1, 0.15) is 11.5 Å². The second-order valence-corrected chi connectivity index (χ2v) is 5.01. The molecule has 0 saturated carbocycles. The van der Waals surface area contributed by atoms with Crippen molar-refractivity contribution in [1.82, 2.24) is 10.1 Å². The van der Waals surface area contributed by atoms with Crippen molar-refractivity contribution >= 4 is 23.3 Å². The molecule has 9 heteroatoms. The van der Waals surface area contributed by atoms with Crippen LogP contribution in [0, 0.1) is 6.92 Å². The molecule has 0 saturated heterocycles. The average Bonchev–Trinajstić information content (AvgIpc) is 3.26. The van der Waals surface area contributed by atoms with Crippen LogP contribution in [-0.4, -0.2) is 29.1 Å². The number of anilines is 2. The Balaban J connectivity index is 1.71.